The average molecular weight is 371 g/mol. The Labute approximate surface area is 150 Å². The van der Waals surface area contributed by atoms with Crippen LogP contribution in [0.3, 0.4) is 0 Å². The minimum Gasteiger partial charge on any atom is -0.497 e. The van der Waals surface area contributed by atoms with Crippen LogP contribution >= 0.6 is 0 Å². The van der Waals surface area contributed by atoms with Gasteiger partial charge >= 0.3 is 10.1 Å². The summed E-state index contributed by atoms with van der Waals surface area (Å²) in [6.07, 6.45) is 4.54. The maximum Gasteiger partial charge on any atom is 0.324 e. The van der Waals surface area contributed by atoms with E-state index in [1.54, 1.807) is 19.4 Å². The van der Waals surface area contributed by atoms with Crippen molar-refractivity contribution in [3.05, 3.63) is 48.8 Å². The van der Waals surface area contributed by atoms with Gasteiger partial charge in [-0.3, -0.25) is 4.28 Å². The minimum atomic E-state index is -3.74. The van der Waals surface area contributed by atoms with E-state index in [0.29, 0.717) is 11.3 Å². The number of rotatable bonds is 4. The van der Waals surface area contributed by atoms with Crippen LogP contribution in [0, 0.1) is 0 Å². The Balaban J connectivity index is 2.06. The predicted molar refractivity (Wildman–Crippen MR) is 99.6 cm³/mol. The van der Waals surface area contributed by atoms with Gasteiger partial charge in [-0.05, 0) is 36.4 Å². The zero-order chi connectivity index (χ0) is 18.5. The van der Waals surface area contributed by atoms with Crippen LogP contribution in [0.4, 0.5) is 0 Å². The first-order valence-corrected chi connectivity index (χ1v) is 9.69. The smallest absolute Gasteiger partial charge is 0.324 e. The number of pyridine rings is 1. The number of fused-ring (bicyclic) bond motifs is 2. The van der Waals surface area contributed by atoms with E-state index in [-0.39, 0.29) is 0 Å². The molecule has 0 aliphatic carbocycles. The number of methoxy groups -OCH3 is 1. The molecular weight excluding hydrogens is 354 g/mol. The molecule has 3 heterocycles. The Hall–Kier alpha value is -3.00. The molecule has 0 amide bonds. The highest BCUT2D eigenvalue weighted by Gasteiger charge is 2.20. The zero-order valence-corrected chi connectivity index (χ0v) is 15.3. The topological polar surface area (TPSA) is 75.3 Å². The van der Waals surface area contributed by atoms with Crippen molar-refractivity contribution in [1.29, 1.82) is 0 Å². The third kappa shape index (κ3) is 2.68. The average Bonchev–Trinajstić information content (AvgIpc) is 3.11. The van der Waals surface area contributed by atoms with Crippen molar-refractivity contribution >= 4 is 32.1 Å². The molecule has 0 unspecified atom stereocenters. The lowest BCUT2D eigenvalue weighted by atomic mass is 10.1. The summed E-state index contributed by atoms with van der Waals surface area (Å²) >= 11 is 0. The molecule has 0 radical (unpaired) electrons. The van der Waals surface area contributed by atoms with Gasteiger partial charge < -0.3 is 9.30 Å². The molecule has 0 saturated carbocycles. The van der Waals surface area contributed by atoms with Gasteiger partial charge in [0, 0.05) is 41.3 Å². The second-order valence-electron chi connectivity index (χ2n) is 6.06. The molecule has 3 aromatic heterocycles. The van der Waals surface area contributed by atoms with Gasteiger partial charge in [0.2, 0.25) is 0 Å². The molecule has 0 aliphatic heterocycles. The van der Waals surface area contributed by atoms with Crippen LogP contribution in [0.15, 0.2) is 48.8 Å². The van der Waals surface area contributed by atoms with E-state index in [1.165, 1.54) is 4.73 Å². The van der Waals surface area contributed by atoms with Crippen molar-refractivity contribution in [2.75, 3.05) is 13.4 Å². The largest absolute Gasteiger partial charge is 0.497 e. The molecule has 4 aromatic rings. The first-order valence-electron chi connectivity index (χ1n) is 7.87. The van der Waals surface area contributed by atoms with Gasteiger partial charge in [0.25, 0.3) is 0 Å². The number of hydrogen-bond acceptors (Lipinski definition) is 5. The Morgan fingerprint density at radius 1 is 1.15 bits per heavy atom. The molecule has 1 aromatic carbocycles. The molecule has 7 nitrogen and oxygen atoms in total. The Bertz CT molecular complexity index is 1240. The van der Waals surface area contributed by atoms with Gasteiger partial charge in [0.1, 0.15) is 5.75 Å². The highest BCUT2D eigenvalue weighted by molar-refractivity contribution is 7.86. The zero-order valence-electron chi connectivity index (χ0n) is 14.5. The summed E-state index contributed by atoms with van der Waals surface area (Å²) in [5.41, 5.74) is 2.85. The van der Waals surface area contributed by atoms with Crippen molar-refractivity contribution < 1.29 is 17.4 Å². The third-order valence-corrected chi connectivity index (χ3v) is 4.62. The van der Waals surface area contributed by atoms with Crippen LogP contribution in [0.2, 0.25) is 0 Å². The van der Waals surface area contributed by atoms with Crippen LogP contribution in [-0.4, -0.2) is 36.1 Å². The number of benzene rings is 1. The monoisotopic (exact) mass is 371 g/mol. The molecule has 0 atom stereocenters. The number of aromatic nitrogens is 3. The maximum atomic E-state index is 11.8. The van der Waals surface area contributed by atoms with Gasteiger partial charge in [-0.2, -0.15) is 8.42 Å². The first-order chi connectivity index (χ1) is 12.4. The van der Waals surface area contributed by atoms with Crippen LogP contribution in [0.1, 0.15) is 0 Å². The van der Waals surface area contributed by atoms with E-state index in [1.807, 2.05) is 48.1 Å². The molecule has 8 heteroatoms. The summed E-state index contributed by atoms with van der Waals surface area (Å²) in [5, 5.41) is 1.71. The fourth-order valence-electron chi connectivity index (χ4n) is 3.11. The van der Waals surface area contributed by atoms with Gasteiger partial charge in [0.05, 0.1) is 19.1 Å². The van der Waals surface area contributed by atoms with Crippen LogP contribution < -0.4 is 9.02 Å². The minimum absolute atomic E-state index is 0.438. The van der Waals surface area contributed by atoms with Gasteiger partial charge in [-0.15, -0.1) is 4.73 Å². The van der Waals surface area contributed by atoms with Crippen molar-refractivity contribution in [2.24, 2.45) is 7.05 Å². The lowest BCUT2D eigenvalue weighted by molar-refractivity contribution is 0.298. The Morgan fingerprint density at radius 3 is 2.69 bits per heavy atom. The van der Waals surface area contributed by atoms with Crippen molar-refractivity contribution in [2.45, 2.75) is 0 Å². The number of ether oxygens (including phenoxy) is 1. The standard InChI is InChI=1S/C18H17N3O4S/c1-20-11-15(14-10-13(24-2)6-7-16(14)20)17-9-12-5-4-8-19-18(12)21(17)25-26(3,22)23/h4-11H,1-3H3. The molecular formula is C18H17N3O4S. The van der Waals surface area contributed by atoms with Crippen molar-refractivity contribution in [1.82, 2.24) is 14.3 Å². The molecule has 4 rings (SSSR count). The predicted octanol–water partition coefficient (Wildman–Crippen LogP) is 2.59. The summed E-state index contributed by atoms with van der Waals surface area (Å²) in [6, 6.07) is 11.3. The molecule has 134 valence electrons. The number of aryl methyl sites for hydroxylation is 1. The van der Waals surface area contributed by atoms with E-state index in [2.05, 4.69) is 4.98 Å². The summed E-state index contributed by atoms with van der Waals surface area (Å²) in [5.74, 6) is 0.717. The molecule has 0 N–H and O–H groups in total. The van der Waals surface area contributed by atoms with E-state index < -0.39 is 10.1 Å². The van der Waals surface area contributed by atoms with E-state index in [0.717, 1.165) is 33.9 Å². The summed E-state index contributed by atoms with van der Waals surface area (Å²) in [7, 11) is -0.197. The number of hydrogen-bond donors (Lipinski definition) is 0. The fourth-order valence-corrected chi connectivity index (χ4v) is 3.53. The molecule has 0 aliphatic rings. The third-order valence-electron chi connectivity index (χ3n) is 4.20. The lowest BCUT2D eigenvalue weighted by Gasteiger charge is -2.09. The van der Waals surface area contributed by atoms with E-state index >= 15 is 0 Å². The maximum absolute atomic E-state index is 11.8. The highest BCUT2D eigenvalue weighted by atomic mass is 32.2. The summed E-state index contributed by atoms with van der Waals surface area (Å²) < 4.78 is 37.4. The van der Waals surface area contributed by atoms with Crippen molar-refractivity contribution in [3.63, 3.8) is 0 Å². The lowest BCUT2D eigenvalue weighted by Crippen LogP contribution is -2.19. The first kappa shape index (κ1) is 16.5. The Morgan fingerprint density at radius 2 is 1.96 bits per heavy atom. The highest BCUT2D eigenvalue weighted by Crippen LogP contribution is 2.35. The van der Waals surface area contributed by atoms with Gasteiger partial charge in [0.15, 0.2) is 5.65 Å². The second-order valence-corrected chi connectivity index (χ2v) is 7.61. The van der Waals surface area contributed by atoms with Crippen molar-refractivity contribution in [3.8, 4) is 17.0 Å². The number of nitrogens with zero attached hydrogens (tertiary/aromatic N) is 3. The Kier molecular flexibility index (Phi) is 3.66. The summed E-state index contributed by atoms with van der Waals surface area (Å²) in [6.45, 7) is 0. The molecule has 0 fully saturated rings. The summed E-state index contributed by atoms with van der Waals surface area (Å²) in [4.78, 5) is 4.27. The van der Waals surface area contributed by atoms with Crippen LogP contribution in [0.25, 0.3) is 33.2 Å². The van der Waals surface area contributed by atoms with Crippen LogP contribution in [0.5, 0.6) is 5.75 Å². The molecule has 0 bridgehead atoms. The van der Waals surface area contributed by atoms with Crippen LogP contribution in [-0.2, 0) is 17.2 Å². The SMILES string of the molecule is COc1ccc2c(c1)c(-c1cc3cccnc3n1OS(C)(=O)=O)cn2C. The molecule has 0 spiro atoms. The molecule has 26 heavy (non-hydrogen) atoms. The van der Waals surface area contributed by atoms with Gasteiger partial charge in [-0.1, -0.05) is 0 Å². The van der Waals surface area contributed by atoms with E-state index in [9.17, 15) is 8.42 Å². The second kappa shape index (κ2) is 5.77. The van der Waals surface area contributed by atoms with Gasteiger partial charge in [-0.25, -0.2) is 4.98 Å². The normalized spacial score (nSPS) is 12.0. The quantitative estimate of drug-likeness (QED) is 0.551. The molecule has 0 saturated heterocycles. The van der Waals surface area contributed by atoms with E-state index in [4.69, 9.17) is 9.02 Å². The fraction of sp³-hybridized carbons (Fsp3) is 0.167.